The summed E-state index contributed by atoms with van der Waals surface area (Å²) in [6, 6.07) is 16.1. The number of Topliss-reactive ketones (excluding diaryl/α,β-unsaturated/α-hetero) is 1. The van der Waals surface area contributed by atoms with Crippen LogP contribution in [0.25, 0.3) is 11.4 Å². The largest absolute Gasteiger partial charge is 0.298 e. The van der Waals surface area contributed by atoms with Gasteiger partial charge in [0.2, 0.25) is 0 Å². The van der Waals surface area contributed by atoms with E-state index in [0.29, 0.717) is 12.3 Å². The lowest BCUT2D eigenvalue weighted by Crippen LogP contribution is -2.10. The number of carbonyl (C=O) groups excluding carboxylic acids is 1. The molecule has 0 amide bonds. The van der Waals surface area contributed by atoms with Crippen molar-refractivity contribution >= 4 is 17.5 Å². The fraction of sp³-hybridized carbons (Fsp3) is 0.231. The Labute approximate surface area is 192 Å². The number of hydrogen-bond acceptors (Lipinski definition) is 5. The summed E-state index contributed by atoms with van der Waals surface area (Å²) in [5, 5.41) is 9.60. The Morgan fingerprint density at radius 2 is 1.62 bits per heavy atom. The first-order valence-electron chi connectivity index (χ1n) is 10.6. The summed E-state index contributed by atoms with van der Waals surface area (Å²) in [5.41, 5.74) is 7.53. The summed E-state index contributed by atoms with van der Waals surface area (Å²) in [4.78, 5) is 17.2. The number of rotatable bonds is 7. The van der Waals surface area contributed by atoms with Crippen LogP contribution in [0.2, 0.25) is 0 Å². The van der Waals surface area contributed by atoms with Gasteiger partial charge >= 0.3 is 0 Å². The van der Waals surface area contributed by atoms with Crippen LogP contribution in [0, 0.1) is 27.7 Å². The molecule has 0 aliphatic carbocycles. The van der Waals surface area contributed by atoms with Gasteiger partial charge in [0, 0.05) is 23.5 Å². The van der Waals surface area contributed by atoms with E-state index in [4.69, 9.17) is 0 Å². The molecule has 0 radical (unpaired) electrons. The second-order valence-electron chi connectivity index (χ2n) is 7.94. The van der Waals surface area contributed by atoms with Gasteiger partial charge in [-0.2, -0.15) is 0 Å². The third kappa shape index (κ3) is 4.50. The maximum absolute atomic E-state index is 13.1. The predicted octanol–water partition coefficient (Wildman–Crippen LogP) is 5.60. The smallest absolute Gasteiger partial charge is 0.192 e. The van der Waals surface area contributed by atoms with Gasteiger partial charge in [0.25, 0.3) is 0 Å². The number of benzene rings is 2. The second kappa shape index (κ2) is 9.49. The van der Waals surface area contributed by atoms with Crippen LogP contribution in [-0.2, 0) is 6.54 Å². The highest BCUT2D eigenvalue weighted by Crippen LogP contribution is 2.27. The standard InChI is InChI=1S/C26H26N4OS/c1-17-14-23(20(4)19(3)18(17)2)24(31)16-32-26-29-28-25(22-10-12-27-13-11-22)30(26)15-21-8-6-5-7-9-21/h5-14H,15-16H2,1-4H3. The maximum atomic E-state index is 13.1. The Bertz CT molecular complexity index is 1250. The van der Waals surface area contributed by atoms with Gasteiger partial charge in [-0.3, -0.25) is 14.3 Å². The minimum absolute atomic E-state index is 0.110. The molecule has 6 heteroatoms. The molecule has 2 aromatic heterocycles. The van der Waals surface area contributed by atoms with Crippen molar-refractivity contribution in [3.8, 4) is 11.4 Å². The van der Waals surface area contributed by atoms with Crippen LogP contribution in [0.1, 0.15) is 38.2 Å². The molecule has 0 saturated carbocycles. The van der Waals surface area contributed by atoms with E-state index in [1.165, 1.54) is 22.9 Å². The van der Waals surface area contributed by atoms with E-state index in [-0.39, 0.29) is 5.78 Å². The minimum Gasteiger partial charge on any atom is -0.298 e. The van der Waals surface area contributed by atoms with Crippen LogP contribution in [0.3, 0.4) is 0 Å². The zero-order valence-electron chi connectivity index (χ0n) is 18.8. The Kier molecular flexibility index (Phi) is 6.51. The number of nitrogens with zero attached hydrogens (tertiary/aromatic N) is 4. The van der Waals surface area contributed by atoms with E-state index in [9.17, 15) is 4.79 Å². The second-order valence-corrected chi connectivity index (χ2v) is 8.88. The molecule has 0 unspecified atom stereocenters. The van der Waals surface area contributed by atoms with Crippen molar-refractivity contribution in [1.29, 1.82) is 0 Å². The van der Waals surface area contributed by atoms with Crippen LogP contribution in [0.5, 0.6) is 0 Å². The molecular weight excluding hydrogens is 416 g/mol. The number of hydrogen-bond donors (Lipinski definition) is 0. The normalized spacial score (nSPS) is 11.0. The topological polar surface area (TPSA) is 60.7 Å². The third-order valence-electron chi connectivity index (χ3n) is 5.95. The number of ketones is 1. The lowest BCUT2D eigenvalue weighted by Gasteiger charge is -2.14. The maximum Gasteiger partial charge on any atom is 0.192 e. The summed E-state index contributed by atoms with van der Waals surface area (Å²) < 4.78 is 2.07. The zero-order chi connectivity index (χ0) is 22.7. The molecule has 0 saturated heterocycles. The summed E-state index contributed by atoms with van der Waals surface area (Å²) >= 11 is 1.43. The molecule has 0 aliphatic heterocycles. The highest BCUT2D eigenvalue weighted by Gasteiger charge is 2.18. The fourth-order valence-electron chi connectivity index (χ4n) is 3.73. The van der Waals surface area contributed by atoms with E-state index >= 15 is 0 Å². The first-order chi connectivity index (χ1) is 15.5. The predicted molar refractivity (Wildman–Crippen MR) is 129 cm³/mol. The summed E-state index contributed by atoms with van der Waals surface area (Å²) in [6.45, 7) is 8.90. The van der Waals surface area contributed by atoms with Gasteiger partial charge in [0.1, 0.15) is 0 Å². The van der Waals surface area contributed by atoms with Gasteiger partial charge in [0.05, 0.1) is 12.3 Å². The third-order valence-corrected chi connectivity index (χ3v) is 6.92. The molecule has 4 aromatic rings. The summed E-state index contributed by atoms with van der Waals surface area (Å²) in [6.07, 6.45) is 3.50. The first kappa shape index (κ1) is 22.0. The molecule has 0 aliphatic rings. The SMILES string of the molecule is Cc1cc(C(=O)CSc2nnc(-c3ccncc3)n2Cc2ccccc2)c(C)c(C)c1C. The van der Waals surface area contributed by atoms with Crippen molar-refractivity contribution in [3.05, 3.63) is 94.3 Å². The summed E-state index contributed by atoms with van der Waals surface area (Å²) in [5.74, 6) is 1.19. The van der Waals surface area contributed by atoms with Gasteiger partial charge in [-0.25, -0.2) is 0 Å². The van der Waals surface area contributed by atoms with Crippen molar-refractivity contribution in [2.24, 2.45) is 0 Å². The van der Waals surface area contributed by atoms with Crippen LogP contribution < -0.4 is 0 Å². The van der Waals surface area contributed by atoms with Gasteiger partial charge in [-0.05, 0) is 73.7 Å². The van der Waals surface area contributed by atoms with Crippen LogP contribution >= 0.6 is 11.8 Å². The van der Waals surface area contributed by atoms with Crippen molar-refractivity contribution in [3.63, 3.8) is 0 Å². The minimum atomic E-state index is 0.110. The average Bonchev–Trinajstić information content (AvgIpc) is 3.22. The van der Waals surface area contributed by atoms with Crippen LogP contribution in [0.15, 0.2) is 66.1 Å². The molecule has 0 spiro atoms. The molecule has 5 nitrogen and oxygen atoms in total. The Morgan fingerprint density at radius 3 is 2.34 bits per heavy atom. The van der Waals surface area contributed by atoms with E-state index in [2.05, 4.69) is 52.7 Å². The highest BCUT2D eigenvalue weighted by molar-refractivity contribution is 7.99. The average molecular weight is 443 g/mol. The van der Waals surface area contributed by atoms with Gasteiger partial charge in [-0.1, -0.05) is 42.1 Å². The molecule has 0 bridgehead atoms. The van der Waals surface area contributed by atoms with Crippen LogP contribution in [0.4, 0.5) is 0 Å². The lowest BCUT2D eigenvalue weighted by atomic mass is 9.93. The lowest BCUT2D eigenvalue weighted by molar-refractivity contribution is 0.102. The van der Waals surface area contributed by atoms with Crippen molar-refractivity contribution < 1.29 is 4.79 Å². The van der Waals surface area contributed by atoms with E-state index in [0.717, 1.165) is 38.8 Å². The first-order valence-corrected chi connectivity index (χ1v) is 11.5. The van der Waals surface area contributed by atoms with Gasteiger partial charge in [-0.15, -0.1) is 10.2 Å². The molecule has 32 heavy (non-hydrogen) atoms. The Hall–Kier alpha value is -3.25. The quantitative estimate of drug-likeness (QED) is 0.275. The molecule has 0 fully saturated rings. The van der Waals surface area contributed by atoms with Crippen molar-refractivity contribution in [2.75, 3.05) is 5.75 Å². The van der Waals surface area contributed by atoms with Crippen molar-refractivity contribution in [1.82, 2.24) is 19.7 Å². The number of thioether (sulfide) groups is 1. The molecule has 2 aromatic carbocycles. The number of pyridine rings is 1. The molecule has 2 heterocycles. The molecule has 0 N–H and O–H groups in total. The highest BCUT2D eigenvalue weighted by atomic mass is 32.2. The Balaban J connectivity index is 1.63. The number of aromatic nitrogens is 4. The molecular formula is C26H26N4OS. The fourth-order valence-corrected chi connectivity index (χ4v) is 4.55. The summed E-state index contributed by atoms with van der Waals surface area (Å²) in [7, 11) is 0. The van der Waals surface area contributed by atoms with E-state index in [1.54, 1.807) is 12.4 Å². The zero-order valence-corrected chi connectivity index (χ0v) is 19.6. The molecule has 4 rings (SSSR count). The Morgan fingerprint density at radius 1 is 0.906 bits per heavy atom. The van der Waals surface area contributed by atoms with Crippen LogP contribution in [-0.4, -0.2) is 31.3 Å². The van der Waals surface area contributed by atoms with E-state index < -0.39 is 0 Å². The number of carbonyl (C=O) groups is 1. The number of aryl methyl sites for hydroxylation is 1. The van der Waals surface area contributed by atoms with E-state index in [1.807, 2.05) is 43.3 Å². The monoisotopic (exact) mass is 442 g/mol. The van der Waals surface area contributed by atoms with Crippen molar-refractivity contribution in [2.45, 2.75) is 39.4 Å². The molecule has 162 valence electrons. The molecule has 0 atom stereocenters. The van der Waals surface area contributed by atoms with Gasteiger partial charge < -0.3 is 0 Å². The van der Waals surface area contributed by atoms with Gasteiger partial charge in [0.15, 0.2) is 16.8 Å².